The van der Waals surface area contributed by atoms with E-state index in [9.17, 15) is 4.79 Å². The van der Waals surface area contributed by atoms with Crippen molar-refractivity contribution in [2.45, 2.75) is 20.3 Å². The third-order valence-corrected chi connectivity index (χ3v) is 2.41. The fraction of sp³-hybridized carbons (Fsp3) is 0.214. The Kier molecular flexibility index (Phi) is 4.06. The second-order valence-corrected chi connectivity index (χ2v) is 3.79. The van der Waals surface area contributed by atoms with Crippen LogP contribution in [-0.2, 0) is 11.2 Å². The first-order valence-electron chi connectivity index (χ1n) is 5.23. The van der Waals surface area contributed by atoms with Crippen LogP contribution in [0.15, 0.2) is 37.4 Å². The molecule has 1 amide bonds. The minimum absolute atomic E-state index is 0.185. The van der Waals surface area contributed by atoms with Gasteiger partial charge in [-0.2, -0.15) is 0 Å². The number of aryl methyl sites for hydroxylation is 2. The summed E-state index contributed by atoms with van der Waals surface area (Å²) in [5, 5.41) is 2.82. The van der Waals surface area contributed by atoms with Gasteiger partial charge in [-0.1, -0.05) is 18.7 Å². The van der Waals surface area contributed by atoms with Gasteiger partial charge in [-0.25, -0.2) is 0 Å². The molecule has 1 N–H and O–H groups in total. The van der Waals surface area contributed by atoms with Gasteiger partial charge in [0.25, 0.3) is 0 Å². The molecule has 0 bridgehead atoms. The van der Waals surface area contributed by atoms with Crippen LogP contribution in [0.5, 0.6) is 0 Å². The molecule has 0 unspecified atom stereocenters. The van der Waals surface area contributed by atoms with Gasteiger partial charge in [0.1, 0.15) is 0 Å². The fourth-order valence-electron chi connectivity index (χ4n) is 1.71. The molecular formula is C14H17NO. The maximum absolute atomic E-state index is 11.3. The molecule has 2 heteroatoms. The lowest BCUT2D eigenvalue weighted by Gasteiger charge is -2.13. The van der Waals surface area contributed by atoms with E-state index in [1.165, 1.54) is 11.6 Å². The molecule has 0 saturated carbocycles. The Morgan fingerprint density at radius 2 is 2.06 bits per heavy atom. The zero-order valence-electron chi connectivity index (χ0n) is 9.84. The van der Waals surface area contributed by atoms with Crippen LogP contribution in [0.4, 0.5) is 5.69 Å². The van der Waals surface area contributed by atoms with Crippen LogP contribution in [0.3, 0.4) is 0 Å². The lowest BCUT2D eigenvalue weighted by Crippen LogP contribution is -2.10. The second-order valence-electron chi connectivity index (χ2n) is 3.79. The highest BCUT2D eigenvalue weighted by molar-refractivity contribution is 5.99. The van der Waals surface area contributed by atoms with Crippen LogP contribution < -0.4 is 5.32 Å². The predicted molar refractivity (Wildman–Crippen MR) is 68.6 cm³/mol. The Balaban J connectivity index is 3.17. The van der Waals surface area contributed by atoms with Crippen molar-refractivity contribution >= 4 is 11.6 Å². The van der Waals surface area contributed by atoms with Crippen LogP contribution in [0.1, 0.15) is 16.7 Å². The van der Waals surface area contributed by atoms with Crippen molar-refractivity contribution in [2.24, 2.45) is 0 Å². The minimum Gasteiger partial charge on any atom is -0.322 e. The summed E-state index contributed by atoms with van der Waals surface area (Å²) in [4.78, 5) is 11.3. The molecule has 1 aromatic carbocycles. The molecule has 0 atom stereocenters. The van der Waals surface area contributed by atoms with Crippen molar-refractivity contribution in [3.05, 3.63) is 54.1 Å². The van der Waals surface area contributed by atoms with Gasteiger partial charge >= 0.3 is 0 Å². The number of hydrogen-bond acceptors (Lipinski definition) is 1. The Labute approximate surface area is 96.7 Å². The van der Waals surface area contributed by atoms with Crippen LogP contribution in [0.2, 0.25) is 0 Å². The molecule has 1 rings (SSSR count). The van der Waals surface area contributed by atoms with E-state index in [1.54, 1.807) is 0 Å². The zero-order valence-corrected chi connectivity index (χ0v) is 9.84. The standard InChI is InChI=1S/C14H17NO/c1-5-7-12-11(4)8-10(3)9-13(12)15-14(16)6-2/h5-6,8-9H,1-2,7H2,3-4H3,(H,15,16). The summed E-state index contributed by atoms with van der Waals surface area (Å²) in [6.45, 7) is 11.2. The van der Waals surface area contributed by atoms with Crippen molar-refractivity contribution < 1.29 is 4.79 Å². The third kappa shape index (κ3) is 2.83. The fourth-order valence-corrected chi connectivity index (χ4v) is 1.71. The smallest absolute Gasteiger partial charge is 0.247 e. The maximum atomic E-state index is 11.3. The number of anilines is 1. The van der Waals surface area contributed by atoms with Gasteiger partial charge in [-0.05, 0) is 49.1 Å². The Hall–Kier alpha value is -1.83. The SMILES string of the molecule is C=CCc1c(C)cc(C)cc1NC(=O)C=C. The molecule has 0 radical (unpaired) electrons. The molecule has 0 heterocycles. The van der Waals surface area contributed by atoms with E-state index in [1.807, 2.05) is 26.0 Å². The predicted octanol–water partition coefficient (Wildman–Crippen LogP) is 3.16. The van der Waals surface area contributed by atoms with E-state index < -0.39 is 0 Å². The molecule has 0 aliphatic carbocycles. The number of carbonyl (C=O) groups excluding carboxylic acids is 1. The van der Waals surface area contributed by atoms with E-state index in [2.05, 4.69) is 24.5 Å². The topological polar surface area (TPSA) is 29.1 Å². The number of amides is 1. The first kappa shape index (κ1) is 12.2. The Bertz CT molecular complexity index is 433. The van der Waals surface area contributed by atoms with Gasteiger partial charge in [0, 0.05) is 5.69 Å². The third-order valence-electron chi connectivity index (χ3n) is 2.41. The molecule has 84 valence electrons. The highest BCUT2D eigenvalue weighted by Crippen LogP contribution is 2.23. The summed E-state index contributed by atoms with van der Waals surface area (Å²) in [6.07, 6.45) is 3.86. The molecular weight excluding hydrogens is 198 g/mol. The molecule has 0 spiro atoms. The number of nitrogens with one attached hydrogen (secondary N) is 1. The summed E-state index contributed by atoms with van der Waals surface area (Å²) >= 11 is 0. The molecule has 0 saturated heterocycles. The van der Waals surface area contributed by atoms with E-state index in [4.69, 9.17) is 0 Å². The monoisotopic (exact) mass is 215 g/mol. The van der Waals surface area contributed by atoms with E-state index >= 15 is 0 Å². The normalized spacial score (nSPS) is 9.62. The lowest BCUT2D eigenvalue weighted by atomic mass is 10.0. The average molecular weight is 215 g/mol. The van der Waals surface area contributed by atoms with Gasteiger partial charge in [0.15, 0.2) is 0 Å². The number of hydrogen-bond donors (Lipinski definition) is 1. The zero-order chi connectivity index (χ0) is 12.1. The quantitative estimate of drug-likeness (QED) is 0.606. The molecule has 0 aliphatic rings. The first-order valence-corrected chi connectivity index (χ1v) is 5.23. The summed E-state index contributed by atoms with van der Waals surface area (Å²) in [7, 11) is 0. The van der Waals surface area contributed by atoms with Gasteiger partial charge in [-0.15, -0.1) is 6.58 Å². The molecule has 2 nitrogen and oxygen atoms in total. The van der Waals surface area contributed by atoms with Gasteiger partial charge in [-0.3, -0.25) is 4.79 Å². The summed E-state index contributed by atoms with van der Waals surface area (Å²) in [5.74, 6) is -0.185. The Morgan fingerprint density at radius 3 is 2.62 bits per heavy atom. The number of allylic oxidation sites excluding steroid dienone is 1. The van der Waals surface area contributed by atoms with Crippen molar-refractivity contribution in [3.8, 4) is 0 Å². The van der Waals surface area contributed by atoms with Crippen LogP contribution in [0.25, 0.3) is 0 Å². The van der Waals surface area contributed by atoms with Crippen LogP contribution in [0, 0.1) is 13.8 Å². The van der Waals surface area contributed by atoms with E-state index in [-0.39, 0.29) is 5.91 Å². The summed E-state index contributed by atoms with van der Waals surface area (Å²) in [5.41, 5.74) is 4.25. The second kappa shape index (κ2) is 5.31. The van der Waals surface area contributed by atoms with Crippen LogP contribution >= 0.6 is 0 Å². The minimum atomic E-state index is -0.185. The first-order chi connectivity index (χ1) is 7.58. The number of carbonyl (C=O) groups is 1. The van der Waals surface area contributed by atoms with E-state index in [0.717, 1.165) is 23.2 Å². The van der Waals surface area contributed by atoms with Gasteiger partial charge in [0.05, 0.1) is 0 Å². The van der Waals surface area contributed by atoms with Crippen molar-refractivity contribution in [2.75, 3.05) is 5.32 Å². The average Bonchev–Trinajstić information content (AvgIpc) is 2.23. The number of rotatable bonds is 4. The van der Waals surface area contributed by atoms with Gasteiger partial charge in [0.2, 0.25) is 5.91 Å². The van der Waals surface area contributed by atoms with E-state index in [0.29, 0.717) is 0 Å². The largest absolute Gasteiger partial charge is 0.322 e. The van der Waals surface area contributed by atoms with Crippen molar-refractivity contribution in [1.29, 1.82) is 0 Å². The van der Waals surface area contributed by atoms with Crippen molar-refractivity contribution in [1.82, 2.24) is 0 Å². The molecule has 16 heavy (non-hydrogen) atoms. The maximum Gasteiger partial charge on any atom is 0.247 e. The van der Waals surface area contributed by atoms with Crippen molar-refractivity contribution in [3.63, 3.8) is 0 Å². The molecule has 0 aromatic heterocycles. The summed E-state index contributed by atoms with van der Waals surface area (Å²) in [6, 6.07) is 4.07. The highest BCUT2D eigenvalue weighted by Gasteiger charge is 2.07. The Morgan fingerprint density at radius 1 is 1.38 bits per heavy atom. The highest BCUT2D eigenvalue weighted by atomic mass is 16.1. The number of benzene rings is 1. The lowest BCUT2D eigenvalue weighted by molar-refractivity contribution is -0.111. The van der Waals surface area contributed by atoms with Gasteiger partial charge < -0.3 is 5.32 Å². The molecule has 1 aromatic rings. The molecule has 0 aliphatic heterocycles. The molecule has 0 fully saturated rings. The summed E-state index contributed by atoms with van der Waals surface area (Å²) < 4.78 is 0. The van der Waals surface area contributed by atoms with Crippen LogP contribution in [-0.4, -0.2) is 5.91 Å².